The van der Waals surface area contributed by atoms with Crippen LogP contribution in [0.2, 0.25) is 0 Å². The molecular formula is C18H30FIN4. The molecule has 1 aromatic carbocycles. The van der Waals surface area contributed by atoms with Crippen molar-refractivity contribution in [3.63, 3.8) is 0 Å². The van der Waals surface area contributed by atoms with Gasteiger partial charge in [-0.3, -0.25) is 4.99 Å². The largest absolute Gasteiger partial charge is 0.357 e. The van der Waals surface area contributed by atoms with Gasteiger partial charge in [0.05, 0.1) is 0 Å². The molecule has 2 N–H and O–H groups in total. The number of aliphatic imine (C=N–C) groups is 1. The predicted molar refractivity (Wildman–Crippen MR) is 110 cm³/mol. The molecule has 0 radical (unpaired) electrons. The predicted octanol–water partition coefficient (Wildman–Crippen LogP) is 2.88. The van der Waals surface area contributed by atoms with Gasteiger partial charge >= 0.3 is 0 Å². The number of guanidine groups is 1. The fraction of sp³-hybridized carbons (Fsp3) is 0.611. The molecule has 1 heterocycles. The highest BCUT2D eigenvalue weighted by Gasteiger charge is 2.16. The van der Waals surface area contributed by atoms with Gasteiger partial charge in [-0.05, 0) is 63.4 Å². The number of nitrogens with zero attached hydrogens (tertiary/aromatic N) is 2. The quantitative estimate of drug-likeness (QED) is 0.400. The Morgan fingerprint density at radius 3 is 2.92 bits per heavy atom. The molecule has 6 heteroatoms. The summed E-state index contributed by atoms with van der Waals surface area (Å²) >= 11 is 0. The number of piperidine rings is 1. The van der Waals surface area contributed by atoms with E-state index in [0.29, 0.717) is 5.92 Å². The van der Waals surface area contributed by atoms with Gasteiger partial charge in [-0.15, -0.1) is 24.0 Å². The van der Waals surface area contributed by atoms with Crippen molar-refractivity contribution in [1.29, 1.82) is 0 Å². The fourth-order valence-electron chi connectivity index (χ4n) is 3.00. The standard InChI is InChI=1S/C18H29FN4.HI/c1-3-20-18(22-13-16-7-5-11-23(2)14-16)21-10-9-15-6-4-8-17(19)12-15;/h4,6,8,12,16H,3,5,7,9-11,13-14H2,1-2H3,(H2,20,21,22);1H. The second-order valence-electron chi connectivity index (χ2n) is 6.30. The van der Waals surface area contributed by atoms with Crippen LogP contribution in [-0.2, 0) is 6.42 Å². The molecule has 1 aromatic rings. The monoisotopic (exact) mass is 448 g/mol. The van der Waals surface area contributed by atoms with Gasteiger partial charge in [0.1, 0.15) is 5.82 Å². The molecule has 1 fully saturated rings. The lowest BCUT2D eigenvalue weighted by Crippen LogP contribution is -2.39. The van der Waals surface area contributed by atoms with Gasteiger partial charge in [-0.25, -0.2) is 4.39 Å². The maximum atomic E-state index is 13.2. The van der Waals surface area contributed by atoms with Crippen molar-refractivity contribution in [3.8, 4) is 0 Å². The van der Waals surface area contributed by atoms with Gasteiger partial charge in [-0.2, -0.15) is 0 Å². The summed E-state index contributed by atoms with van der Waals surface area (Å²) in [4.78, 5) is 7.10. The van der Waals surface area contributed by atoms with Gasteiger partial charge in [-0.1, -0.05) is 12.1 Å². The van der Waals surface area contributed by atoms with Crippen molar-refractivity contribution in [2.75, 3.05) is 39.8 Å². The van der Waals surface area contributed by atoms with E-state index in [-0.39, 0.29) is 29.8 Å². The normalized spacial score (nSPS) is 18.8. The lowest BCUT2D eigenvalue weighted by atomic mass is 9.99. The zero-order valence-electron chi connectivity index (χ0n) is 14.7. The molecule has 24 heavy (non-hydrogen) atoms. The van der Waals surface area contributed by atoms with Crippen LogP contribution in [0.25, 0.3) is 0 Å². The van der Waals surface area contributed by atoms with Gasteiger partial charge in [0.15, 0.2) is 5.96 Å². The van der Waals surface area contributed by atoms with Crippen LogP contribution < -0.4 is 10.6 Å². The van der Waals surface area contributed by atoms with Crippen molar-refractivity contribution >= 4 is 29.9 Å². The van der Waals surface area contributed by atoms with E-state index >= 15 is 0 Å². The first-order chi connectivity index (χ1) is 11.2. The lowest BCUT2D eigenvalue weighted by molar-refractivity contribution is 0.214. The Balaban J connectivity index is 0.00000288. The molecule has 1 aliphatic rings. The lowest BCUT2D eigenvalue weighted by Gasteiger charge is -2.28. The first-order valence-corrected chi connectivity index (χ1v) is 8.62. The fourth-order valence-corrected chi connectivity index (χ4v) is 3.00. The molecule has 0 spiro atoms. The summed E-state index contributed by atoms with van der Waals surface area (Å²) in [6.07, 6.45) is 3.31. The maximum absolute atomic E-state index is 13.2. The Morgan fingerprint density at radius 2 is 2.21 bits per heavy atom. The van der Waals surface area contributed by atoms with E-state index in [1.165, 1.54) is 25.5 Å². The van der Waals surface area contributed by atoms with Gasteiger partial charge in [0.25, 0.3) is 0 Å². The Hall–Kier alpha value is -0.890. The first-order valence-electron chi connectivity index (χ1n) is 8.62. The van der Waals surface area contributed by atoms with Gasteiger partial charge in [0.2, 0.25) is 0 Å². The number of halogens is 2. The van der Waals surface area contributed by atoms with Crippen molar-refractivity contribution < 1.29 is 4.39 Å². The van der Waals surface area contributed by atoms with Crippen molar-refractivity contribution in [1.82, 2.24) is 15.5 Å². The van der Waals surface area contributed by atoms with Crippen molar-refractivity contribution in [3.05, 3.63) is 35.6 Å². The highest BCUT2D eigenvalue weighted by molar-refractivity contribution is 14.0. The summed E-state index contributed by atoms with van der Waals surface area (Å²) in [6, 6.07) is 6.77. The molecule has 2 rings (SSSR count). The second kappa shape index (κ2) is 11.6. The summed E-state index contributed by atoms with van der Waals surface area (Å²) in [7, 11) is 2.18. The molecule has 1 unspecified atom stereocenters. The summed E-state index contributed by atoms with van der Waals surface area (Å²) in [6.45, 7) is 6.85. The van der Waals surface area contributed by atoms with E-state index < -0.39 is 0 Å². The summed E-state index contributed by atoms with van der Waals surface area (Å²) in [5, 5.41) is 6.62. The Bertz CT molecular complexity index is 510. The third-order valence-electron chi connectivity index (χ3n) is 4.17. The molecule has 1 atom stereocenters. The molecule has 0 aliphatic carbocycles. The van der Waals surface area contributed by atoms with E-state index in [9.17, 15) is 4.39 Å². The number of hydrogen-bond acceptors (Lipinski definition) is 2. The van der Waals surface area contributed by atoms with E-state index in [4.69, 9.17) is 4.99 Å². The molecule has 1 aliphatic heterocycles. The number of benzene rings is 1. The molecule has 0 saturated carbocycles. The molecule has 1 saturated heterocycles. The minimum Gasteiger partial charge on any atom is -0.357 e. The van der Waals surface area contributed by atoms with E-state index in [0.717, 1.165) is 44.1 Å². The van der Waals surface area contributed by atoms with Crippen LogP contribution in [0.5, 0.6) is 0 Å². The SMILES string of the molecule is CCNC(=NCC1CCCN(C)C1)NCCc1cccc(F)c1.I. The summed E-state index contributed by atoms with van der Waals surface area (Å²) in [5.41, 5.74) is 1.00. The zero-order chi connectivity index (χ0) is 16.5. The van der Waals surface area contributed by atoms with Crippen LogP contribution in [0.4, 0.5) is 4.39 Å². The number of hydrogen-bond donors (Lipinski definition) is 2. The third-order valence-corrected chi connectivity index (χ3v) is 4.17. The average Bonchev–Trinajstić information content (AvgIpc) is 2.53. The summed E-state index contributed by atoms with van der Waals surface area (Å²) in [5.74, 6) is 1.33. The number of rotatable bonds is 6. The Morgan fingerprint density at radius 1 is 1.38 bits per heavy atom. The topological polar surface area (TPSA) is 39.7 Å². The van der Waals surface area contributed by atoms with Crippen LogP contribution in [0, 0.1) is 11.7 Å². The molecule has 0 bridgehead atoms. The Labute approximate surface area is 162 Å². The summed E-state index contributed by atoms with van der Waals surface area (Å²) < 4.78 is 13.2. The zero-order valence-corrected chi connectivity index (χ0v) is 17.1. The number of likely N-dealkylation sites (tertiary alicyclic amines) is 1. The van der Waals surface area contributed by atoms with Crippen LogP contribution in [0.1, 0.15) is 25.3 Å². The van der Waals surface area contributed by atoms with Crippen LogP contribution in [-0.4, -0.2) is 50.6 Å². The second-order valence-corrected chi connectivity index (χ2v) is 6.30. The third kappa shape index (κ3) is 7.79. The minimum atomic E-state index is -0.176. The van der Waals surface area contributed by atoms with Crippen molar-refractivity contribution in [2.24, 2.45) is 10.9 Å². The smallest absolute Gasteiger partial charge is 0.191 e. The van der Waals surface area contributed by atoms with Gasteiger partial charge < -0.3 is 15.5 Å². The number of nitrogens with one attached hydrogen (secondary N) is 2. The van der Waals surface area contributed by atoms with Gasteiger partial charge in [0, 0.05) is 26.2 Å². The molecule has 4 nitrogen and oxygen atoms in total. The molecule has 0 aromatic heterocycles. The van der Waals surface area contributed by atoms with E-state index in [1.807, 2.05) is 6.07 Å². The maximum Gasteiger partial charge on any atom is 0.191 e. The molecular weight excluding hydrogens is 418 g/mol. The van der Waals surface area contributed by atoms with E-state index in [2.05, 4.69) is 29.5 Å². The van der Waals surface area contributed by atoms with Crippen LogP contribution in [0.3, 0.4) is 0 Å². The van der Waals surface area contributed by atoms with Crippen LogP contribution in [0.15, 0.2) is 29.3 Å². The molecule has 0 amide bonds. The average molecular weight is 448 g/mol. The highest BCUT2D eigenvalue weighted by Crippen LogP contribution is 2.15. The highest BCUT2D eigenvalue weighted by atomic mass is 127. The van der Waals surface area contributed by atoms with Crippen molar-refractivity contribution in [2.45, 2.75) is 26.2 Å². The molecule has 136 valence electrons. The minimum absolute atomic E-state index is 0. The Kier molecular flexibility index (Phi) is 10.2. The van der Waals surface area contributed by atoms with Crippen LogP contribution >= 0.6 is 24.0 Å². The first kappa shape index (κ1) is 21.2. The van der Waals surface area contributed by atoms with E-state index in [1.54, 1.807) is 12.1 Å².